The maximum absolute atomic E-state index is 11.7. The zero-order valence-corrected chi connectivity index (χ0v) is 9.56. The molecule has 1 rings (SSSR count). The number of carbonyl (C=O) groups excluding carboxylic acids is 1. The smallest absolute Gasteiger partial charge is 0.225 e. The minimum Gasteiger partial charge on any atom is -0.378 e. The second kappa shape index (κ2) is 7.09. The van der Waals surface area contributed by atoms with E-state index in [1.54, 1.807) is 0 Å². The molecule has 0 aromatic heterocycles. The van der Waals surface area contributed by atoms with Crippen molar-refractivity contribution in [3.8, 4) is 0 Å². The van der Waals surface area contributed by atoms with Crippen molar-refractivity contribution in [2.75, 3.05) is 19.7 Å². The standard InChI is InChI=1S/C10H18N4O2/c1-8-9(4-7-16-8)10(15)12-5-2-3-6-13-14-11/h8-9H,2-7H2,1H3,(H,12,15). The molecule has 0 aromatic rings. The van der Waals surface area contributed by atoms with Crippen LogP contribution in [0, 0.1) is 5.92 Å². The molecule has 1 N–H and O–H groups in total. The molecule has 0 saturated carbocycles. The molecule has 0 bridgehead atoms. The lowest BCUT2D eigenvalue weighted by Gasteiger charge is -2.13. The van der Waals surface area contributed by atoms with E-state index in [1.165, 1.54) is 0 Å². The Morgan fingerprint density at radius 3 is 3.06 bits per heavy atom. The highest BCUT2D eigenvalue weighted by atomic mass is 16.5. The molecule has 90 valence electrons. The van der Waals surface area contributed by atoms with Gasteiger partial charge < -0.3 is 10.1 Å². The zero-order valence-electron chi connectivity index (χ0n) is 9.56. The molecular formula is C10H18N4O2. The van der Waals surface area contributed by atoms with Crippen LogP contribution in [0.2, 0.25) is 0 Å². The van der Waals surface area contributed by atoms with Gasteiger partial charge in [-0.25, -0.2) is 0 Å². The molecule has 0 aromatic carbocycles. The Bertz CT molecular complexity index is 276. The van der Waals surface area contributed by atoms with Crippen molar-refractivity contribution >= 4 is 5.91 Å². The first-order valence-corrected chi connectivity index (χ1v) is 5.66. The number of hydrogen-bond acceptors (Lipinski definition) is 3. The van der Waals surface area contributed by atoms with Gasteiger partial charge in [0.1, 0.15) is 0 Å². The first-order chi connectivity index (χ1) is 7.75. The molecule has 1 saturated heterocycles. The second-order valence-electron chi connectivity index (χ2n) is 3.92. The Morgan fingerprint density at radius 2 is 2.44 bits per heavy atom. The van der Waals surface area contributed by atoms with Gasteiger partial charge in [-0.1, -0.05) is 5.11 Å². The number of carbonyl (C=O) groups is 1. The van der Waals surface area contributed by atoms with E-state index in [0.29, 0.717) is 19.7 Å². The van der Waals surface area contributed by atoms with Crippen molar-refractivity contribution in [1.82, 2.24) is 5.32 Å². The van der Waals surface area contributed by atoms with Crippen molar-refractivity contribution in [3.63, 3.8) is 0 Å². The van der Waals surface area contributed by atoms with Crippen molar-refractivity contribution < 1.29 is 9.53 Å². The van der Waals surface area contributed by atoms with Crippen molar-refractivity contribution in [2.24, 2.45) is 11.0 Å². The van der Waals surface area contributed by atoms with Crippen LogP contribution in [0.15, 0.2) is 5.11 Å². The summed E-state index contributed by atoms with van der Waals surface area (Å²) in [7, 11) is 0. The Hall–Kier alpha value is -1.26. The highest BCUT2D eigenvalue weighted by Crippen LogP contribution is 2.20. The SMILES string of the molecule is CC1OCCC1C(=O)NCCCCN=[N+]=[N-]. The molecule has 0 aliphatic carbocycles. The summed E-state index contributed by atoms with van der Waals surface area (Å²) in [6.07, 6.45) is 2.49. The van der Waals surface area contributed by atoms with Gasteiger partial charge in [-0.2, -0.15) is 0 Å². The lowest BCUT2D eigenvalue weighted by atomic mass is 10.0. The number of amides is 1. The Morgan fingerprint density at radius 1 is 1.62 bits per heavy atom. The van der Waals surface area contributed by atoms with E-state index in [9.17, 15) is 4.79 Å². The third-order valence-electron chi connectivity index (χ3n) is 2.76. The van der Waals surface area contributed by atoms with Crippen molar-refractivity contribution in [2.45, 2.75) is 32.3 Å². The Balaban J connectivity index is 2.08. The van der Waals surface area contributed by atoms with E-state index in [0.717, 1.165) is 19.3 Å². The predicted octanol–water partition coefficient (Wildman–Crippen LogP) is 1.62. The Labute approximate surface area is 95.0 Å². The monoisotopic (exact) mass is 226 g/mol. The van der Waals surface area contributed by atoms with E-state index in [1.807, 2.05) is 6.92 Å². The number of ether oxygens (including phenoxy) is 1. The number of nitrogens with one attached hydrogen (secondary N) is 1. The average Bonchev–Trinajstić information content (AvgIpc) is 2.69. The number of nitrogens with zero attached hydrogens (tertiary/aromatic N) is 3. The van der Waals surface area contributed by atoms with Gasteiger partial charge in [0, 0.05) is 24.6 Å². The summed E-state index contributed by atoms with van der Waals surface area (Å²) in [4.78, 5) is 14.3. The van der Waals surface area contributed by atoms with Gasteiger partial charge in [0.15, 0.2) is 0 Å². The fourth-order valence-corrected chi connectivity index (χ4v) is 1.77. The fourth-order valence-electron chi connectivity index (χ4n) is 1.77. The molecule has 2 atom stereocenters. The summed E-state index contributed by atoms with van der Waals surface area (Å²) in [6.45, 7) is 3.74. The summed E-state index contributed by atoms with van der Waals surface area (Å²) in [5.74, 6) is 0.0749. The maximum atomic E-state index is 11.7. The van der Waals surface area contributed by atoms with Gasteiger partial charge in [0.25, 0.3) is 0 Å². The molecule has 1 amide bonds. The molecule has 2 unspecified atom stereocenters. The minimum atomic E-state index is -0.00266. The fraction of sp³-hybridized carbons (Fsp3) is 0.900. The third kappa shape index (κ3) is 4.08. The van der Waals surface area contributed by atoms with E-state index in [2.05, 4.69) is 15.3 Å². The van der Waals surface area contributed by atoms with Crippen LogP contribution < -0.4 is 5.32 Å². The molecule has 1 heterocycles. The van der Waals surface area contributed by atoms with Gasteiger partial charge >= 0.3 is 0 Å². The highest BCUT2D eigenvalue weighted by molar-refractivity contribution is 5.79. The highest BCUT2D eigenvalue weighted by Gasteiger charge is 2.30. The summed E-state index contributed by atoms with van der Waals surface area (Å²) in [6, 6.07) is 0. The van der Waals surface area contributed by atoms with Crippen molar-refractivity contribution in [1.29, 1.82) is 0 Å². The molecule has 0 radical (unpaired) electrons. The summed E-state index contributed by atoms with van der Waals surface area (Å²) in [5, 5.41) is 6.30. The topological polar surface area (TPSA) is 87.1 Å². The molecule has 1 fully saturated rings. The number of hydrogen-bond donors (Lipinski definition) is 1. The average molecular weight is 226 g/mol. The second-order valence-corrected chi connectivity index (χ2v) is 3.92. The van der Waals surface area contributed by atoms with Gasteiger partial charge in [0.05, 0.1) is 12.0 Å². The lowest BCUT2D eigenvalue weighted by Crippen LogP contribution is -2.34. The molecule has 6 heteroatoms. The largest absolute Gasteiger partial charge is 0.378 e. The van der Waals surface area contributed by atoms with E-state index >= 15 is 0 Å². The minimum absolute atomic E-state index is 0.00266. The van der Waals surface area contributed by atoms with Gasteiger partial charge in [0.2, 0.25) is 5.91 Å². The van der Waals surface area contributed by atoms with Crippen LogP contribution in [-0.4, -0.2) is 31.7 Å². The molecule has 1 aliphatic rings. The quantitative estimate of drug-likeness (QED) is 0.323. The van der Waals surface area contributed by atoms with Crippen LogP contribution in [0.3, 0.4) is 0 Å². The first-order valence-electron chi connectivity index (χ1n) is 5.66. The first kappa shape index (κ1) is 12.8. The number of azide groups is 1. The number of rotatable bonds is 6. The zero-order chi connectivity index (χ0) is 11.8. The maximum Gasteiger partial charge on any atom is 0.225 e. The van der Waals surface area contributed by atoms with Crippen LogP contribution in [0.4, 0.5) is 0 Å². The predicted molar refractivity (Wildman–Crippen MR) is 59.8 cm³/mol. The molecular weight excluding hydrogens is 208 g/mol. The van der Waals surface area contributed by atoms with Gasteiger partial charge in [-0.3, -0.25) is 4.79 Å². The molecule has 1 aliphatic heterocycles. The van der Waals surface area contributed by atoms with E-state index in [4.69, 9.17) is 10.3 Å². The van der Waals surface area contributed by atoms with E-state index < -0.39 is 0 Å². The normalized spacial score (nSPS) is 23.8. The van der Waals surface area contributed by atoms with E-state index in [-0.39, 0.29) is 17.9 Å². The number of unbranched alkanes of at least 4 members (excludes halogenated alkanes) is 1. The summed E-state index contributed by atoms with van der Waals surface area (Å²) < 4.78 is 5.33. The Kier molecular flexibility index (Phi) is 5.67. The van der Waals surface area contributed by atoms with Crippen molar-refractivity contribution in [3.05, 3.63) is 10.4 Å². The molecule has 16 heavy (non-hydrogen) atoms. The van der Waals surface area contributed by atoms with Crippen LogP contribution in [0.1, 0.15) is 26.2 Å². The summed E-state index contributed by atoms with van der Waals surface area (Å²) >= 11 is 0. The van der Waals surface area contributed by atoms with Crippen LogP contribution >= 0.6 is 0 Å². The van der Waals surface area contributed by atoms with Crippen LogP contribution in [-0.2, 0) is 9.53 Å². The lowest BCUT2D eigenvalue weighted by molar-refractivity contribution is -0.126. The van der Waals surface area contributed by atoms with Crippen LogP contribution in [0.5, 0.6) is 0 Å². The van der Waals surface area contributed by atoms with Crippen LogP contribution in [0.25, 0.3) is 10.4 Å². The molecule has 6 nitrogen and oxygen atoms in total. The molecule has 0 spiro atoms. The third-order valence-corrected chi connectivity index (χ3v) is 2.76. The summed E-state index contributed by atoms with van der Waals surface area (Å²) in [5.41, 5.74) is 8.06. The van der Waals surface area contributed by atoms with Gasteiger partial charge in [-0.15, -0.1) is 0 Å². The van der Waals surface area contributed by atoms with Gasteiger partial charge in [-0.05, 0) is 31.7 Å².